The Labute approximate surface area is 147 Å². The Balaban J connectivity index is 1.57. The van der Waals surface area contributed by atoms with Gasteiger partial charge < -0.3 is 10.1 Å². The first-order valence-corrected chi connectivity index (χ1v) is 8.19. The van der Waals surface area contributed by atoms with Crippen LogP contribution < -0.4 is 10.1 Å². The molecular weight excluding hydrogens is 374 g/mol. The number of hydrogen-bond donors (Lipinski definition) is 2. The van der Waals surface area contributed by atoms with Crippen LogP contribution in [-0.2, 0) is 13.2 Å². The van der Waals surface area contributed by atoms with Crippen molar-refractivity contribution in [2.45, 2.75) is 20.1 Å². The SMILES string of the molecule is CCc1ccc(OCn2cc(NC(=O)c3[nH]ncc3Br)cn2)cc1. The second-order valence-electron chi connectivity index (χ2n) is 5.09. The minimum absolute atomic E-state index is 0.259. The number of carbonyl (C=O) groups excluding carboxylic acids is 1. The molecule has 0 saturated heterocycles. The molecule has 0 radical (unpaired) electrons. The van der Waals surface area contributed by atoms with Crippen LogP contribution in [0.2, 0.25) is 0 Å². The van der Waals surface area contributed by atoms with Gasteiger partial charge in [0, 0.05) is 0 Å². The Morgan fingerprint density at radius 1 is 1.33 bits per heavy atom. The smallest absolute Gasteiger partial charge is 0.274 e. The molecule has 124 valence electrons. The number of ether oxygens (including phenoxy) is 1. The number of nitrogens with one attached hydrogen (secondary N) is 2. The second-order valence-corrected chi connectivity index (χ2v) is 5.94. The third kappa shape index (κ3) is 3.83. The quantitative estimate of drug-likeness (QED) is 0.677. The number of benzene rings is 1. The number of aromatic amines is 1. The van der Waals surface area contributed by atoms with Crippen molar-refractivity contribution in [3.05, 3.63) is 58.6 Å². The molecule has 0 bridgehead atoms. The van der Waals surface area contributed by atoms with E-state index >= 15 is 0 Å². The van der Waals surface area contributed by atoms with Crippen molar-refractivity contribution < 1.29 is 9.53 Å². The summed E-state index contributed by atoms with van der Waals surface area (Å²) in [5.74, 6) is 0.477. The molecule has 0 aliphatic heterocycles. The third-order valence-corrected chi connectivity index (χ3v) is 4.01. The Morgan fingerprint density at radius 3 is 2.79 bits per heavy atom. The molecule has 0 spiro atoms. The lowest BCUT2D eigenvalue weighted by Gasteiger charge is -2.06. The van der Waals surface area contributed by atoms with Crippen molar-refractivity contribution >= 4 is 27.5 Å². The molecule has 0 aliphatic carbocycles. The zero-order chi connectivity index (χ0) is 16.9. The van der Waals surface area contributed by atoms with Crippen LogP contribution in [0.4, 0.5) is 5.69 Å². The molecule has 0 atom stereocenters. The fourth-order valence-corrected chi connectivity index (χ4v) is 2.46. The summed E-state index contributed by atoms with van der Waals surface area (Å²) in [6.07, 6.45) is 5.78. The van der Waals surface area contributed by atoms with Crippen molar-refractivity contribution in [1.29, 1.82) is 0 Å². The lowest BCUT2D eigenvalue weighted by molar-refractivity contribution is 0.102. The van der Waals surface area contributed by atoms with E-state index in [4.69, 9.17) is 4.74 Å². The summed E-state index contributed by atoms with van der Waals surface area (Å²) in [6.45, 7) is 2.37. The number of rotatable bonds is 6. The highest BCUT2D eigenvalue weighted by molar-refractivity contribution is 9.10. The van der Waals surface area contributed by atoms with Crippen LogP contribution in [0, 0.1) is 0 Å². The highest BCUT2D eigenvalue weighted by Gasteiger charge is 2.13. The first-order chi connectivity index (χ1) is 11.7. The van der Waals surface area contributed by atoms with Gasteiger partial charge in [0.2, 0.25) is 0 Å². The molecule has 2 aromatic heterocycles. The number of nitrogens with zero attached hydrogens (tertiary/aromatic N) is 3. The largest absolute Gasteiger partial charge is 0.471 e. The molecule has 0 saturated carbocycles. The van der Waals surface area contributed by atoms with Gasteiger partial charge in [-0.25, -0.2) is 4.68 Å². The molecule has 1 amide bonds. The van der Waals surface area contributed by atoms with Gasteiger partial charge in [-0.1, -0.05) is 19.1 Å². The minimum Gasteiger partial charge on any atom is -0.471 e. The second kappa shape index (κ2) is 7.31. The summed E-state index contributed by atoms with van der Waals surface area (Å²) < 4.78 is 7.87. The van der Waals surface area contributed by atoms with Crippen molar-refractivity contribution in [2.75, 3.05) is 5.32 Å². The average molecular weight is 390 g/mol. The minimum atomic E-state index is -0.296. The van der Waals surface area contributed by atoms with Gasteiger partial charge in [-0.2, -0.15) is 10.2 Å². The Hall–Kier alpha value is -2.61. The fourth-order valence-electron chi connectivity index (χ4n) is 2.09. The lowest BCUT2D eigenvalue weighted by Crippen LogP contribution is -2.12. The van der Waals surface area contributed by atoms with Crippen molar-refractivity contribution in [3.63, 3.8) is 0 Å². The number of aromatic nitrogens is 4. The summed E-state index contributed by atoms with van der Waals surface area (Å²) in [4.78, 5) is 12.1. The van der Waals surface area contributed by atoms with Gasteiger partial charge >= 0.3 is 0 Å². The normalized spacial score (nSPS) is 10.6. The van der Waals surface area contributed by atoms with Crippen LogP contribution in [0.15, 0.2) is 47.3 Å². The molecule has 2 heterocycles. The number of carbonyl (C=O) groups is 1. The van der Waals surface area contributed by atoms with Gasteiger partial charge in [-0.3, -0.25) is 9.89 Å². The average Bonchev–Trinajstić information content (AvgIpc) is 3.22. The first-order valence-electron chi connectivity index (χ1n) is 7.40. The van der Waals surface area contributed by atoms with E-state index in [1.54, 1.807) is 17.1 Å². The zero-order valence-electron chi connectivity index (χ0n) is 13.0. The summed E-state index contributed by atoms with van der Waals surface area (Å²) >= 11 is 3.25. The number of halogens is 1. The summed E-state index contributed by atoms with van der Waals surface area (Å²) in [6, 6.07) is 7.93. The molecule has 1 aromatic carbocycles. The Morgan fingerprint density at radius 2 is 2.12 bits per heavy atom. The van der Waals surface area contributed by atoms with E-state index < -0.39 is 0 Å². The van der Waals surface area contributed by atoms with E-state index in [-0.39, 0.29) is 12.6 Å². The third-order valence-electron chi connectivity index (χ3n) is 3.41. The maximum Gasteiger partial charge on any atom is 0.274 e. The van der Waals surface area contributed by atoms with Crippen molar-refractivity contribution in [2.24, 2.45) is 0 Å². The number of H-pyrrole nitrogens is 1. The monoisotopic (exact) mass is 389 g/mol. The standard InChI is InChI=1S/C16H16BrN5O2/c1-2-11-3-5-13(6-4-11)24-10-22-9-12(7-19-22)20-16(23)15-14(17)8-18-21-15/h3-9H,2,10H2,1H3,(H,18,21)(H,20,23). The van der Waals surface area contributed by atoms with Gasteiger partial charge in [-0.05, 0) is 40.0 Å². The predicted molar refractivity (Wildman–Crippen MR) is 92.9 cm³/mol. The lowest BCUT2D eigenvalue weighted by atomic mass is 10.2. The highest BCUT2D eigenvalue weighted by atomic mass is 79.9. The molecule has 0 unspecified atom stereocenters. The van der Waals surface area contributed by atoms with Crippen LogP contribution in [0.25, 0.3) is 0 Å². The van der Waals surface area contributed by atoms with E-state index in [9.17, 15) is 4.79 Å². The molecular formula is C16H16BrN5O2. The van der Waals surface area contributed by atoms with E-state index in [0.717, 1.165) is 12.2 Å². The van der Waals surface area contributed by atoms with Crippen LogP contribution >= 0.6 is 15.9 Å². The molecule has 0 aliphatic rings. The van der Waals surface area contributed by atoms with Crippen LogP contribution in [0.1, 0.15) is 23.0 Å². The number of amides is 1. The van der Waals surface area contributed by atoms with Crippen molar-refractivity contribution in [3.8, 4) is 5.75 Å². The van der Waals surface area contributed by atoms with E-state index in [2.05, 4.69) is 43.5 Å². The van der Waals surface area contributed by atoms with Crippen molar-refractivity contribution in [1.82, 2.24) is 20.0 Å². The van der Waals surface area contributed by atoms with Gasteiger partial charge in [0.05, 0.1) is 28.8 Å². The molecule has 7 nitrogen and oxygen atoms in total. The summed E-state index contributed by atoms with van der Waals surface area (Å²) in [7, 11) is 0. The number of hydrogen-bond acceptors (Lipinski definition) is 4. The molecule has 24 heavy (non-hydrogen) atoms. The van der Waals surface area contributed by atoms with E-state index in [1.807, 2.05) is 24.3 Å². The number of anilines is 1. The zero-order valence-corrected chi connectivity index (χ0v) is 14.6. The highest BCUT2D eigenvalue weighted by Crippen LogP contribution is 2.16. The predicted octanol–water partition coefficient (Wildman–Crippen LogP) is 3.22. The Bertz CT molecular complexity index is 825. The van der Waals surface area contributed by atoms with E-state index in [0.29, 0.717) is 15.9 Å². The maximum absolute atomic E-state index is 12.1. The number of aryl methyl sites for hydroxylation is 1. The van der Waals surface area contributed by atoms with Gasteiger partial charge in [0.15, 0.2) is 6.73 Å². The molecule has 2 N–H and O–H groups in total. The van der Waals surface area contributed by atoms with E-state index in [1.165, 1.54) is 11.8 Å². The van der Waals surface area contributed by atoms with Gasteiger partial charge in [0.25, 0.3) is 5.91 Å². The van der Waals surface area contributed by atoms with Crippen LogP contribution in [-0.4, -0.2) is 25.9 Å². The summed E-state index contributed by atoms with van der Waals surface area (Å²) in [5, 5.41) is 13.3. The fraction of sp³-hybridized carbons (Fsp3) is 0.188. The first kappa shape index (κ1) is 16.3. The Kier molecular flexibility index (Phi) is 4.95. The topological polar surface area (TPSA) is 84.8 Å². The van der Waals surface area contributed by atoms with Crippen LogP contribution in [0.5, 0.6) is 5.75 Å². The molecule has 8 heteroatoms. The molecule has 3 aromatic rings. The summed E-state index contributed by atoms with van der Waals surface area (Å²) in [5.41, 5.74) is 2.19. The molecule has 0 fully saturated rings. The van der Waals surface area contributed by atoms with Gasteiger partial charge in [-0.15, -0.1) is 0 Å². The van der Waals surface area contributed by atoms with Crippen LogP contribution in [0.3, 0.4) is 0 Å². The maximum atomic E-state index is 12.1. The molecule has 3 rings (SSSR count). The van der Waals surface area contributed by atoms with Gasteiger partial charge in [0.1, 0.15) is 11.4 Å².